The molecule has 3 aromatic rings. The first-order valence-corrected chi connectivity index (χ1v) is 13.1. The summed E-state index contributed by atoms with van der Waals surface area (Å²) in [5.74, 6) is 2.40. The smallest absolute Gasteiger partial charge is 0.232 e. The molecule has 5 heteroatoms. The third-order valence-electron chi connectivity index (χ3n) is 6.88. The molecular weight excluding hydrogens is 404 g/mol. The van der Waals surface area contributed by atoms with E-state index in [4.69, 9.17) is 4.98 Å². The lowest BCUT2D eigenvalue weighted by Gasteiger charge is -2.25. The number of nitrogens with zero attached hydrogens (tertiary/aromatic N) is 2. The van der Waals surface area contributed by atoms with Crippen LogP contribution in [0.1, 0.15) is 76.1 Å². The molecule has 1 aromatic heterocycles. The van der Waals surface area contributed by atoms with Gasteiger partial charge >= 0.3 is 0 Å². The van der Waals surface area contributed by atoms with E-state index in [1.54, 1.807) is 31.2 Å². The summed E-state index contributed by atoms with van der Waals surface area (Å²) < 4.78 is 28.2. The lowest BCUT2D eigenvalue weighted by Crippen LogP contribution is -2.14. The second-order valence-corrected chi connectivity index (χ2v) is 11.2. The van der Waals surface area contributed by atoms with Gasteiger partial charge in [-0.25, -0.2) is 17.4 Å². The number of rotatable bonds is 3. The minimum Gasteiger partial charge on any atom is -0.232 e. The fourth-order valence-corrected chi connectivity index (χ4v) is 6.73. The standard InChI is InChI=1S/C26H34N2O2S/c1-19-10-7-12-20(2)18-22(13-8-11-19)24-16-9-17-25-26(24)27-21(3)28(25)31(29,30)23-14-5-4-6-15-23/h4-6,9,14-17,19-20,22H,7-8,10-13,18H2,1-3H3/t19-,20+,22?/m1/s1. The molecule has 4 nitrogen and oxygen atoms in total. The van der Waals surface area contributed by atoms with Crippen molar-refractivity contribution in [3.05, 3.63) is 59.9 Å². The van der Waals surface area contributed by atoms with E-state index in [1.165, 1.54) is 41.6 Å². The quantitative estimate of drug-likeness (QED) is 0.458. The molecule has 0 radical (unpaired) electrons. The van der Waals surface area contributed by atoms with Crippen molar-refractivity contribution in [2.75, 3.05) is 0 Å². The Morgan fingerprint density at radius 2 is 1.55 bits per heavy atom. The van der Waals surface area contributed by atoms with Crippen molar-refractivity contribution in [2.45, 2.75) is 76.5 Å². The van der Waals surface area contributed by atoms with Crippen molar-refractivity contribution in [2.24, 2.45) is 11.8 Å². The van der Waals surface area contributed by atoms with Crippen molar-refractivity contribution in [3.8, 4) is 0 Å². The van der Waals surface area contributed by atoms with Crippen LogP contribution in [0.3, 0.4) is 0 Å². The van der Waals surface area contributed by atoms with Gasteiger partial charge < -0.3 is 0 Å². The highest BCUT2D eigenvalue weighted by molar-refractivity contribution is 7.90. The first kappa shape index (κ1) is 22.1. The molecule has 0 spiro atoms. The molecule has 1 heterocycles. The van der Waals surface area contributed by atoms with Gasteiger partial charge in [0.05, 0.1) is 15.9 Å². The lowest BCUT2D eigenvalue weighted by molar-refractivity contribution is 0.345. The summed E-state index contributed by atoms with van der Waals surface area (Å²) in [6, 6.07) is 14.7. The van der Waals surface area contributed by atoms with Gasteiger partial charge in [-0.3, -0.25) is 0 Å². The Hall–Kier alpha value is -2.14. The fourth-order valence-electron chi connectivity index (χ4n) is 5.22. The number of para-hydroxylation sites is 1. The van der Waals surface area contributed by atoms with Crippen LogP contribution in [-0.4, -0.2) is 17.4 Å². The Kier molecular flexibility index (Phi) is 6.52. The predicted molar refractivity (Wildman–Crippen MR) is 127 cm³/mol. The Morgan fingerprint density at radius 1 is 0.871 bits per heavy atom. The van der Waals surface area contributed by atoms with Gasteiger partial charge in [0.25, 0.3) is 10.0 Å². The van der Waals surface area contributed by atoms with Gasteiger partial charge in [0.15, 0.2) is 0 Å². The SMILES string of the molecule is Cc1nc2c(C3CCC[C@H](C)CCC[C@H](C)C3)cccc2n1S(=O)(=O)c1ccccc1. The van der Waals surface area contributed by atoms with E-state index in [0.29, 0.717) is 28.1 Å². The predicted octanol–water partition coefficient (Wildman–Crippen LogP) is 6.68. The van der Waals surface area contributed by atoms with E-state index in [1.807, 2.05) is 18.2 Å². The molecule has 0 amide bonds. The molecule has 31 heavy (non-hydrogen) atoms. The molecule has 2 aromatic carbocycles. The third kappa shape index (κ3) is 4.57. The summed E-state index contributed by atoms with van der Waals surface area (Å²) in [7, 11) is -3.69. The van der Waals surface area contributed by atoms with Crippen molar-refractivity contribution in [3.63, 3.8) is 0 Å². The monoisotopic (exact) mass is 438 g/mol. The van der Waals surface area contributed by atoms with Gasteiger partial charge in [-0.15, -0.1) is 0 Å². The number of imidazole rings is 1. The number of aryl methyl sites for hydroxylation is 1. The Morgan fingerprint density at radius 3 is 2.29 bits per heavy atom. The number of fused-ring (bicyclic) bond motifs is 1. The van der Waals surface area contributed by atoms with Crippen molar-refractivity contribution < 1.29 is 8.42 Å². The van der Waals surface area contributed by atoms with E-state index >= 15 is 0 Å². The molecule has 1 unspecified atom stereocenters. The minimum atomic E-state index is -3.69. The Bertz CT molecular complexity index is 1130. The van der Waals surface area contributed by atoms with Gasteiger partial charge in [-0.05, 0) is 61.3 Å². The molecule has 0 aliphatic heterocycles. The molecule has 4 rings (SSSR count). The summed E-state index contributed by atoms with van der Waals surface area (Å²) >= 11 is 0. The zero-order valence-corrected chi connectivity index (χ0v) is 19.7. The van der Waals surface area contributed by atoms with E-state index in [0.717, 1.165) is 24.3 Å². The van der Waals surface area contributed by atoms with Gasteiger partial charge in [-0.1, -0.05) is 76.3 Å². The average Bonchev–Trinajstić information content (AvgIpc) is 3.10. The molecule has 1 aliphatic carbocycles. The zero-order valence-electron chi connectivity index (χ0n) is 18.9. The second-order valence-electron chi connectivity index (χ2n) is 9.46. The minimum absolute atomic E-state index is 0.295. The molecule has 1 fully saturated rings. The summed E-state index contributed by atoms with van der Waals surface area (Å²) in [5.41, 5.74) is 2.75. The van der Waals surface area contributed by atoms with E-state index in [-0.39, 0.29) is 0 Å². The van der Waals surface area contributed by atoms with Gasteiger partial charge in [0.2, 0.25) is 0 Å². The maximum atomic E-state index is 13.4. The average molecular weight is 439 g/mol. The van der Waals surface area contributed by atoms with Crippen LogP contribution in [0, 0.1) is 18.8 Å². The highest BCUT2D eigenvalue weighted by Gasteiger charge is 2.26. The van der Waals surface area contributed by atoms with Crippen LogP contribution in [0.5, 0.6) is 0 Å². The molecule has 0 bridgehead atoms. The number of hydrogen-bond donors (Lipinski definition) is 0. The summed E-state index contributed by atoms with van der Waals surface area (Å²) in [6.45, 7) is 6.53. The van der Waals surface area contributed by atoms with Crippen LogP contribution in [0.4, 0.5) is 0 Å². The molecular formula is C26H34N2O2S. The first-order valence-electron chi connectivity index (χ1n) is 11.7. The Labute approximate surface area is 186 Å². The second kappa shape index (κ2) is 9.15. The van der Waals surface area contributed by atoms with Crippen molar-refractivity contribution in [1.82, 2.24) is 8.96 Å². The molecule has 166 valence electrons. The first-order chi connectivity index (χ1) is 14.9. The van der Waals surface area contributed by atoms with E-state index < -0.39 is 10.0 Å². The van der Waals surface area contributed by atoms with Crippen LogP contribution in [0.2, 0.25) is 0 Å². The maximum absolute atomic E-state index is 13.4. The zero-order chi connectivity index (χ0) is 22.0. The largest absolute Gasteiger partial charge is 0.269 e. The molecule has 1 aliphatic rings. The number of aromatic nitrogens is 2. The molecule has 3 atom stereocenters. The van der Waals surface area contributed by atoms with Gasteiger partial charge in [-0.2, -0.15) is 0 Å². The third-order valence-corrected chi connectivity index (χ3v) is 8.69. The fraction of sp³-hybridized carbons (Fsp3) is 0.500. The van der Waals surface area contributed by atoms with Crippen LogP contribution in [0.25, 0.3) is 11.0 Å². The number of benzene rings is 2. The van der Waals surface area contributed by atoms with Crippen LogP contribution in [-0.2, 0) is 10.0 Å². The van der Waals surface area contributed by atoms with Crippen molar-refractivity contribution >= 4 is 21.1 Å². The van der Waals surface area contributed by atoms with Crippen molar-refractivity contribution in [1.29, 1.82) is 0 Å². The topological polar surface area (TPSA) is 52.0 Å². The summed E-state index contributed by atoms with van der Waals surface area (Å²) in [5, 5.41) is 0. The summed E-state index contributed by atoms with van der Waals surface area (Å²) in [6.07, 6.45) is 8.70. The summed E-state index contributed by atoms with van der Waals surface area (Å²) in [4.78, 5) is 5.10. The van der Waals surface area contributed by atoms with Crippen LogP contribution >= 0.6 is 0 Å². The molecule has 1 saturated carbocycles. The van der Waals surface area contributed by atoms with Gasteiger partial charge in [0, 0.05) is 0 Å². The highest BCUT2D eigenvalue weighted by Crippen LogP contribution is 2.37. The maximum Gasteiger partial charge on any atom is 0.269 e. The van der Waals surface area contributed by atoms with E-state index in [9.17, 15) is 8.42 Å². The molecule has 0 N–H and O–H groups in total. The highest BCUT2D eigenvalue weighted by atomic mass is 32.2. The lowest BCUT2D eigenvalue weighted by atomic mass is 9.81. The molecule has 0 saturated heterocycles. The number of hydrogen-bond acceptors (Lipinski definition) is 3. The van der Waals surface area contributed by atoms with E-state index in [2.05, 4.69) is 19.9 Å². The van der Waals surface area contributed by atoms with Gasteiger partial charge in [0.1, 0.15) is 5.82 Å². The van der Waals surface area contributed by atoms with Crippen LogP contribution < -0.4 is 0 Å². The normalized spacial score (nSPS) is 23.6. The Balaban J connectivity index is 1.77. The van der Waals surface area contributed by atoms with Crippen LogP contribution in [0.15, 0.2) is 53.4 Å².